The number of amidine groups is 1. The van der Waals surface area contributed by atoms with Crippen LogP contribution in [0.3, 0.4) is 0 Å². The zero-order chi connectivity index (χ0) is 10.4. The second-order valence-electron chi connectivity index (χ2n) is 3.78. The molecular weight excluding hydrogens is 212 g/mol. The van der Waals surface area contributed by atoms with Crippen molar-refractivity contribution in [2.45, 2.75) is 39.0 Å². The maximum atomic E-state index is 5.72. The largest absolute Gasteiger partial charge is 0.378 e. The normalized spacial score (nSPS) is 19.6. The van der Waals surface area contributed by atoms with E-state index in [0.29, 0.717) is 10.2 Å². The summed E-state index contributed by atoms with van der Waals surface area (Å²) >= 11 is 6.51. The molecule has 0 unspecified atom stereocenters. The van der Waals surface area contributed by atoms with Gasteiger partial charge in [0.2, 0.25) is 0 Å². The first kappa shape index (κ1) is 12.0. The van der Waals surface area contributed by atoms with Gasteiger partial charge in [-0.15, -0.1) is 0 Å². The lowest BCUT2D eigenvalue weighted by Gasteiger charge is -2.20. The molecular formula is C10H18N2S2. The first-order chi connectivity index (χ1) is 6.68. The van der Waals surface area contributed by atoms with E-state index in [0.717, 1.165) is 11.7 Å². The highest BCUT2D eigenvalue weighted by molar-refractivity contribution is 8.13. The molecule has 0 aliphatic heterocycles. The summed E-state index contributed by atoms with van der Waals surface area (Å²) in [6.07, 6.45) is 6.89. The molecule has 0 amide bonds. The van der Waals surface area contributed by atoms with Gasteiger partial charge in [-0.3, -0.25) is 0 Å². The summed E-state index contributed by atoms with van der Waals surface area (Å²) in [6, 6.07) is 0. The fourth-order valence-corrected chi connectivity index (χ4v) is 2.84. The monoisotopic (exact) mass is 230 g/mol. The summed E-state index contributed by atoms with van der Waals surface area (Å²) < 4.78 is 0. The van der Waals surface area contributed by atoms with Gasteiger partial charge in [0.25, 0.3) is 0 Å². The minimum absolute atomic E-state index is 0.624. The number of aliphatic imine (C=N–C) groups is 1. The van der Waals surface area contributed by atoms with Gasteiger partial charge in [0, 0.05) is 5.75 Å². The molecule has 2 nitrogen and oxygen atoms in total. The minimum atomic E-state index is 0.624. The zero-order valence-corrected chi connectivity index (χ0v) is 10.3. The van der Waals surface area contributed by atoms with Crippen LogP contribution in [-0.2, 0) is 0 Å². The minimum Gasteiger partial charge on any atom is -0.378 e. The van der Waals surface area contributed by atoms with Gasteiger partial charge in [-0.1, -0.05) is 43.2 Å². The van der Waals surface area contributed by atoms with E-state index in [-0.39, 0.29) is 0 Å². The molecule has 4 heteroatoms. The number of hydrogen-bond donors (Lipinski definition) is 1. The molecule has 0 bridgehead atoms. The predicted molar refractivity (Wildman–Crippen MR) is 68.9 cm³/mol. The van der Waals surface area contributed by atoms with E-state index in [9.17, 15) is 0 Å². The molecule has 1 aliphatic carbocycles. The van der Waals surface area contributed by atoms with E-state index in [1.54, 1.807) is 18.7 Å². The van der Waals surface area contributed by atoms with E-state index in [4.69, 9.17) is 18.0 Å². The third-order valence-electron chi connectivity index (χ3n) is 2.46. The Hall–Kier alpha value is -0.0900. The van der Waals surface area contributed by atoms with Crippen molar-refractivity contribution in [3.63, 3.8) is 0 Å². The van der Waals surface area contributed by atoms with E-state index < -0.39 is 0 Å². The van der Waals surface area contributed by atoms with Gasteiger partial charge >= 0.3 is 0 Å². The highest BCUT2D eigenvalue weighted by atomic mass is 32.2. The second kappa shape index (κ2) is 6.40. The quantitative estimate of drug-likeness (QED) is 0.450. The maximum absolute atomic E-state index is 5.72. The van der Waals surface area contributed by atoms with Crippen LogP contribution in [-0.4, -0.2) is 15.9 Å². The first-order valence-corrected chi connectivity index (χ1v) is 6.55. The number of thiocarbonyl (C=S) groups is 1. The van der Waals surface area contributed by atoms with Gasteiger partial charge in [0.05, 0.1) is 0 Å². The van der Waals surface area contributed by atoms with Gasteiger partial charge in [0.1, 0.15) is 4.99 Å². The number of hydrogen-bond acceptors (Lipinski definition) is 2. The fraction of sp³-hybridized carbons (Fsp3) is 0.800. The first-order valence-electron chi connectivity index (χ1n) is 5.16. The third-order valence-corrected chi connectivity index (χ3v) is 3.58. The Morgan fingerprint density at radius 2 is 2.07 bits per heavy atom. The summed E-state index contributed by atoms with van der Waals surface area (Å²) in [5, 5.41) is 0.628. The van der Waals surface area contributed by atoms with Crippen molar-refractivity contribution in [3.05, 3.63) is 0 Å². The van der Waals surface area contributed by atoms with E-state index in [2.05, 4.69) is 4.99 Å². The molecule has 0 heterocycles. The average molecular weight is 230 g/mol. The van der Waals surface area contributed by atoms with Crippen molar-refractivity contribution < 1.29 is 0 Å². The lowest BCUT2D eigenvalue weighted by molar-refractivity contribution is 0.391. The summed E-state index contributed by atoms with van der Waals surface area (Å²) in [6.45, 7) is 1.80. The second-order valence-corrected chi connectivity index (χ2v) is 5.42. The molecule has 0 spiro atoms. The van der Waals surface area contributed by atoms with Gasteiger partial charge < -0.3 is 5.73 Å². The summed E-state index contributed by atoms with van der Waals surface area (Å²) in [4.78, 5) is 4.67. The molecule has 80 valence electrons. The van der Waals surface area contributed by atoms with Crippen molar-refractivity contribution in [3.8, 4) is 0 Å². The highest BCUT2D eigenvalue weighted by Crippen LogP contribution is 2.26. The number of nitrogens with zero attached hydrogens (tertiary/aromatic N) is 1. The van der Waals surface area contributed by atoms with Crippen LogP contribution >= 0.6 is 24.0 Å². The predicted octanol–water partition coefficient (Wildman–Crippen LogP) is 2.96. The Morgan fingerprint density at radius 1 is 1.43 bits per heavy atom. The number of thioether (sulfide) groups is 1. The van der Waals surface area contributed by atoms with Crippen molar-refractivity contribution in [1.82, 2.24) is 0 Å². The molecule has 0 radical (unpaired) electrons. The van der Waals surface area contributed by atoms with Crippen molar-refractivity contribution in [2.24, 2.45) is 16.6 Å². The Balaban J connectivity index is 2.21. The lowest BCUT2D eigenvalue weighted by Crippen LogP contribution is -2.14. The molecule has 1 rings (SSSR count). The van der Waals surface area contributed by atoms with Crippen molar-refractivity contribution in [2.75, 3.05) is 5.75 Å². The smallest absolute Gasteiger partial charge is 0.159 e. The molecule has 0 aromatic heterocycles. The van der Waals surface area contributed by atoms with E-state index in [1.807, 2.05) is 0 Å². The molecule has 0 aromatic carbocycles. The Morgan fingerprint density at radius 3 is 2.64 bits per heavy atom. The van der Waals surface area contributed by atoms with Crippen LogP contribution < -0.4 is 5.73 Å². The molecule has 14 heavy (non-hydrogen) atoms. The molecule has 2 N–H and O–H groups in total. The maximum Gasteiger partial charge on any atom is 0.159 e. The zero-order valence-electron chi connectivity index (χ0n) is 8.66. The highest BCUT2D eigenvalue weighted by Gasteiger charge is 2.13. The Kier molecular flexibility index (Phi) is 5.48. The van der Waals surface area contributed by atoms with Crippen LogP contribution in [0.1, 0.15) is 39.0 Å². The molecule has 1 fully saturated rings. The van der Waals surface area contributed by atoms with Gasteiger partial charge in [-0.05, 0) is 25.7 Å². The molecule has 1 aliphatic rings. The van der Waals surface area contributed by atoms with E-state index in [1.165, 1.54) is 32.1 Å². The van der Waals surface area contributed by atoms with E-state index >= 15 is 0 Å². The number of nitrogens with two attached hydrogens (primary N) is 1. The molecule has 0 atom stereocenters. The van der Waals surface area contributed by atoms with Crippen molar-refractivity contribution >= 4 is 34.1 Å². The van der Waals surface area contributed by atoms with Crippen molar-refractivity contribution in [1.29, 1.82) is 0 Å². The van der Waals surface area contributed by atoms with Crippen LogP contribution in [0.5, 0.6) is 0 Å². The SMILES string of the molecule is CC(=S)N=C(N)SCC1CCCCC1. The Labute approximate surface area is 95.7 Å². The Bertz CT molecular complexity index is 220. The molecule has 0 saturated heterocycles. The van der Waals surface area contributed by atoms with Crippen LogP contribution in [0, 0.1) is 5.92 Å². The summed E-state index contributed by atoms with van der Waals surface area (Å²) in [5.74, 6) is 1.95. The van der Waals surface area contributed by atoms with Crippen LogP contribution in [0.25, 0.3) is 0 Å². The topological polar surface area (TPSA) is 38.4 Å². The van der Waals surface area contributed by atoms with Crippen LogP contribution in [0.4, 0.5) is 0 Å². The average Bonchev–Trinajstić information content (AvgIpc) is 2.15. The number of rotatable bonds is 2. The van der Waals surface area contributed by atoms with Crippen LogP contribution in [0.2, 0.25) is 0 Å². The third kappa shape index (κ3) is 4.96. The molecule has 0 aromatic rings. The fourth-order valence-electron chi connectivity index (χ4n) is 1.74. The summed E-state index contributed by atoms with van der Waals surface area (Å²) in [7, 11) is 0. The van der Waals surface area contributed by atoms with Crippen LogP contribution in [0.15, 0.2) is 4.99 Å². The standard InChI is InChI=1S/C10H18N2S2/c1-8(13)12-10(11)14-7-9-5-3-2-4-6-9/h9H,2-7H2,1H3,(H2,11,12,13). The van der Waals surface area contributed by atoms with Gasteiger partial charge in [0.15, 0.2) is 5.17 Å². The van der Waals surface area contributed by atoms with Gasteiger partial charge in [-0.2, -0.15) is 0 Å². The lowest BCUT2D eigenvalue weighted by atomic mass is 9.91. The molecule has 1 saturated carbocycles. The van der Waals surface area contributed by atoms with Gasteiger partial charge in [-0.25, -0.2) is 4.99 Å². The summed E-state index contributed by atoms with van der Waals surface area (Å²) in [5.41, 5.74) is 5.72.